The summed E-state index contributed by atoms with van der Waals surface area (Å²) in [6.07, 6.45) is 0.205. The number of carboxylic acid groups (broad SMARTS) is 1. The van der Waals surface area contributed by atoms with Gasteiger partial charge in [0, 0.05) is 18.4 Å². The number of esters is 1. The fourth-order valence-corrected chi connectivity index (χ4v) is 5.63. The summed E-state index contributed by atoms with van der Waals surface area (Å²) in [6.45, 7) is 13.7. The van der Waals surface area contributed by atoms with Crippen LogP contribution in [0.2, 0.25) is 0 Å². The van der Waals surface area contributed by atoms with Crippen molar-refractivity contribution in [2.75, 3.05) is 0 Å². The third kappa shape index (κ3) is 14.9. The normalized spacial score (nSPS) is 22.9. The second kappa shape index (κ2) is 22.6. The van der Waals surface area contributed by atoms with Crippen LogP contribution in [0.25, 0.3) is 0 Å². The summed E-state index contributed by atoms with van der Waals surface area (Å²) >= 11 is 0. The minimum Gasteiger partial charge on any atom is -0.508 e. The summed E-state index contributed by atoms with van der Waals surface area (Å²) < 4.78 is 5.66. The Morgan fingerprint density at radius 3 is 2.03 bits per heavy atom. The van der Waals surface area contributed by atoms with Crippen LogP contribution in [0.4, 0.5) is 0 Å². The van der Waals surface area contributed by atoms with Crippen molar-refractivity contribution in [1.82, 2.24) is 37.2 Å². The predicted octanol–water partition coefficient (Wildman–Crippen LogP) is -0.0283. The van der Waals surface area contributed by atoms with Gasteiger partial charge in [0.2, 0.25) is 35.4 Å². The SMILES string of the molecule is C/C=C1\NC(=O)[C@H](C)NC(=O)[C@@H](NC(=O)[C@@H](Cc2ccc(O)cc2)NC(=O)[C@@H](NC(=O)/C(C)=C/C)C(C)C)[C@@H](C)OC(=O)[C@H](C(C)C)NC(=O)[C@@H](CCC(=O)O)NC1=O. The number of ether oxygens (including phenoxy) is 1. The Balaban J connectivity index is 2.61. The summed E-state index contributed by atoms with van der Waals surface area (Å²) in [7, 11) is 0. The molecule has 0 saturated carbocycles. The van der Waals surface area contributed by atoms with E-state index in [2.05, 4.69) is 37.2 Å². The number of amides is 7. The molecule has 0 radical (unpaired) electrons. The molecule has 1 aliphatic heterocycles. The van der Waals surface area contributed by atoms with Crippen molar-refractivity contribution >= 4 is 53.3 Å². The summed E-state index contributed by atoms with van der Waals surface area (Å²) in [5.74, 6) is -9.45. The average Bonchev–Trinajstić information content (AvgIpc) is 3.17. The molecule has 0 unspecified atom stereocenters. The van der Waals surface area contributed by atoms with Crippen LogP contribution in [0.5, 0.6) is 5.75 Å². The number of hydrogen-bond donors (Lipinski definition) is 9. The van der Waals surface area contributed by atoms with E-state index in [0.29, 0.717) is 11.1 Å². The van der Waals surface area contributed by atoms with Gasteiger partial charge >= 0.3 is 11.9 Å². The number of phenols is 1. The van der Waals surface area contributed by atoms with E-state index in [9.17, 15) is 53.4 Å². The monoisotopic (exact) mass is 827 g/mol. The van der Waals surface area contributed by atoms with Crippen LogP contribution >= 0.6 is 0 Å². The number of benzene rings is 1. The average molecular weight is 828 g/mol. The lowest BCUT2D eigenvalue weighted by Gasteiger charge is -2.31. The van der Waals surface area contributed by atoms with E-state index in [-0.39, 0.29) is 24.3 Å². The molecule has 19 heteroatoms. The summed E-state index contributed by atoms with van der Waals surface area (Å²) in [5.41, 5.74) is 0.493. The van der Waals surface area contributed by atoms with Crippen LogP contribution in [-0.4, -0.2) is 106 Å². The molecule has 9 N–H and O–H groups in total. The highest BCUT2D eigenvalue weighted by molar-refractivity contribution is 6.02. The van der Waals surface area contributed by atoms with Crippen LogP contribution in [0.3, 0.4) is 0 Å². The molecule has 1 aliphatic rings. The molecule has 0 spiro atoms. The first-order chi connectivity index (χ1) is 27.6. The molecule has 1 aromatic carbocycles. The third-order valence-electron chi connectivity index (χ3n) is 9.42. The van der Waals surface area contributed by atoms with Crippen molar-refractivity contribution in [3.63, 3.8) is 0 Å². The van der Waals surface area contributed by atoms with Gasteiger partial charge in [-0.3, -0.25) is 38.4 Å². The third-order valence-corrected chi connectivity index (χ3v) is 9.42. The van der Waals surface area contributed by atoms with Gasteiger partial charge in [-0.25, -0.2) is 4.79 Å². The Morgan fingerprint density at radius 2 is 1.49 bits per heavy atom. The zero-order chi connectivity index (χ0) is 44.7. The van der Waals surface area contributed by atoms with Gasteiger partial charge in [-0.1, -0.05) is 52.0 Å². The topological polar surface area (TPSA) is 288 Å². The highest BCUT2D eigenvalue weighted by atomic mass is 16.5. The van der Waals surface area contributed by atoms with Crippen LogP contribution in [0.15, 0.2) is 47.7 Å². The predicted molar refractivity (Wildman–Crippen MR) is 212 cm³/mol. The Hall–Kier alpha value is -6.27. The maximum Gasteiger partial charge on any atom is 0.329 e. The van der Waals surface area contributed by atoms with Gasteiger partial charge in [0.05, 0.1) is 0 Å². The maximum atomic E-state index is 14.2. The molecular formula is C40H57N7O12. The van der Waals surface area contributed by atoms with Crippen molar-refractivity contribution in [2.45, 2.75) is 124 Å². The molecule has 0 aliphatic carbocycles. The van der Waals surface area contributed by atoms with Crippen LogP contribution in [0.1, 0.15) is 80.7 Å². The van der Waals surface area contributed by atoms with Gasteiger partial charge in [0.15, 0.2) is 0 Å². The highest BCUT2D eigenvalue weighted by Gasteiger charge is 2.38. The largest absolute Gasteiger partial charge is 0.508 e. The Morgan fingerprint density at radius 1 is 0.864 bits per heavy atom. The molecule has 59 heavy (non-hydrogen) atoms. The first-order valence-electron chi connectivity index (χ1n) is 19.2. The zero-order valence-electron chi connectivity index (χ0n) is 34.8. The van der Waals surface area contributed by atoms with Crippen molar-refractivity contribution in [3.8, 4) is 5.75 Å². The summed E-state index contributed by atoms with van der Waals surface area (Å²) in [6, 6.07) is -2.74. The van der Waals surface area contributed by atoms with Gasteiger partial charge in [0.25, 0.3) is 5.91 Å². The van der Waals surface area contributed by atoms with Crippen LogP contribution in [0, 0.1) is 11.8 Å². The number of rotatable bonds is 13. The fraction of sp³-hybridized carbons (Fsp3) is 0.525. The standard InChI is InChI=1S/C40H57N7O12/c1-10-21(7)33(51)45-30(19(3)4)38(56)44-28(18-24-12-14-25(48)15-13-24)37(55)47-32-23(9)59-40(58)31(20(5)6)46-36(54)27(16-17-29(49)50)43-35(53)26(11-2)42-34(52)22(8)41-39(32)57/h10-15,19-20,22-23,27-28,30-32,48H,16-18H2,1-9H3,(H,41,57)(H,42,52)(H,43,53)(H,44,56)(H,45,51)(H,46,54)(H,47,55)(H,49,50)/b21-10+,26-11-/t22-,23+,27+,28+,30-,31-,32-/m0/s1. The number of aliphatic carboxylic acids is 1. The van der Waals surface area contributed by atoms with E-state index in [0.717, 1.165) is 0 Å². The van der Waals surface area contributed by atoms with Gasteiger partial charge in [0.1, 0.15) is 53.8 Å². The number of phenolic OH excluding ortho intramolecular Hbond substituents is 1. The lowest BCUT2D eigenvalue weighted by atomic mass is 10.00. The molecule has 1 aromatic rings. The first kappa shape index (κ1) is 48.9. The lowest BCUT2D eigenvalue weighted by molar-refractivity contribution is -0.157. The molecule has 0 bridgehead atoms. The molecule has 0 aromatic heterocycles. The number of hydrogen-bond acceptors (Lipinski definition) is 11. The number of nitrogens with one attached hydrogen (secondary N) is 7. The Kier molecular flexibility index (Phi) is 18.7. The smallest absolute Gasteiger partial charge is 0.329 e. The van der Waals surface area contributed by atoms with E-state index in [1.165, 1.54) is 51.1 Å². The second-order valence-electron chi connectivity index (χ2n) is 14.8. The number of carbonyl (C=O) groups excluding carboxylic acids is 8. The van der Waals surface area contributed by atoms with Gasteiger partial charge in [-0.15, -0.1) is 0 Å². The number of carboxylic acids is 1. The molecule has 7 atom stereocenters. The molecule has 324 valence electrons. The van der Waals surface area contributed by atoms with E-state index >= 15 is 0 Å². The van der Waals surface area contributed by atoms with Crippen molar-refractivity contribution in [1.29, 1.82) is 0 Å². The number of allylic oxidation sites excluding steroid dienone is 2. The highest BCUT2D eigenvalue weighted by Crippen LogP contribution is 2.15. The number of aromatic hydroxyl groups is 1. The molecule has 1 heterocycles. The Bertz CT molecular complexity index is 1810. The second-order valence-corrected chi connectivity index (χ2v) is 14.8. The molecule has 1 saturated heterocycles. The summed E-state index contributed by atoms with van der Waals surface area (Å²) in [5, 5.41) is 36.6. The molecule has 2 rings (SSSR count). The quantitative estimate of drug-likeness (QED) is 0.0937. The van der Waals surface area contributed by atoms with Gasteiger partial charge < -0.3 is 52.2 Å². The van der Waals surface area contributed by atoms with E-state index in [1.54, 1.807) is 47.6 Å². The zero-order valence-corrected chi connectivity index (χ0v) is 34.8. The van der Waals surface area contributed by atoms with Crippen molar-refractivity contribution in [2.24, 2.45) is 11.8 Å². The molecule has 7 amide bonds. The lowest BCUT2D eigenvalue weighted by Crippen LogP contribution is -2.62. The minimum atomic E-state index is -1.73. The minimum absolute atomic E-state index is 0.0638. The van der Waals surface area contributed by atoms with Gasteiger partial charge in [-0.05, 0) is 70.6 Å². The number of cyclic esters (lactones) is 1. The molecule has 19 nitrogen and oxygen atoms in total. The fourth-order valence-electron chi connectivity index (χ4n) is 5.63. The van der Waals surface area contributed by atoms with Crippen LogP contribution < -0.4 is 37.2 Å². The first-order valence-corrected chi connectivity index (χ1v) is 19.2. The van der Waals surface area contributed by atoms with Crippen LogP contribution in [-0.2, 0) is 54.3 Å². The molecule has 1 fully saturated rings. The van der Waals surface area contributed by atoms with E-state index < -0.39 is 114 Å². The number of carbonyl (C=O) groups is 9. The van der Waals surface area contributed by atoms with Crippen molar-refractivity contribution < 1.29 is 58.1 Å². The van der Waals surface area contributed by atoms with Crippen molar-refractivity contribution in [3.05, 3.63) is 53.3 Å². The van der Waals surface area contributed by atoms with E-state index in [1.807, 2.05) is 0 Å². The summed E-state index contributed by atoms with van der Waals surface area (Å²) in [4.78, 5) is 120. The van der Waals surface area contributed by atoms with E-state index in [4.69, 9.17) is 4.74 Å². The Labute approximate surface area is 342 Å². The van der Waals surface area contributed by atoms with Gasteiger partial charge in [-0.2, -0.15) is 0 Å². The molecular weight excluding hydrogens is 770 g/mol. The maximum absolute atomic E-state index is 14.2.